The van der Waals surface area contributed by atoms with E-state index in [2.05, 4.69) is 430 Å². The largest absolute Gasteiger partial charge is 0.309 e. The fraction of sp³-hybridized carbons (Fsp3) is 0.500. The molecule has 0 N–H and O–H groups in total. The summed E-state index contributed by atoms with van der Waals surface area (Å²) < 4.78 is 0. The van der Waals surface area contributed by atoms with Crippen LogP contribution < -0.4 is 19.6 Å². The van der Waals surface area contributed by atoms with E-state index in [-0.39, 0.29) is 43.3 Å². The van der Waals surface area contributed by atoms with Crippen LogP contribution in [-0.2, 0) is 146 Å². The van der Waals surface area contributed by atoms with Gasteiger partial charge in [0.2, 0.25) is 0 Å². The second kappa shape index (κ2) is 38.6. The Kier molecular flexibility index (Phi) is 29.8. The molecule has 0 aliphatic carbocycles. The topological polar surface area (TPSA) is 13.0 Å². The van der Waals surface area contributed by atoms with Crippen LogP contribution in [0.2, 0.25) is 0 Å². The molecule has 0 aliphatic rings. The molecule has 0 aliphatic heterocycles. The lowest BCUT2D eigenvalue weighted by Crippen LogP contribution is -2.27. The number of hydrogen-bond donors (Lipinski definition) is 0. The molecule has 12 aromatic rings. The molecule has 0 aromatic heterocycles. The van der Waals surface area contributed by atoms with Gasteiger partial charge in [-0.25, -0.2) is 0 Å². The van der Waals surface area contributed by atoms with Crippen LogP contribution in [0.5, 0.6) is 0 Å². The van der Waals surface area contributed by atoms with E-state index in [1.165, 1.54) is 234 Å². The van der Waals surface area contributed by atoms with Crippen LogP contribution in [0.4, 0.5) is 68.2 Å². The van der Waals surface area contributed by atoms with Crippen LogP contribution in [0.3, 0.4) is 0 Å². The summed E-state index contributed by atoms with van der Waals surface area (Å²) in [5, 5.41) is 7.59. The summed E-state index contributed by atoms with van der Waals surface area (Å²) in [5.74, 6) is 0. The number of aryl methyl sites for hydroxylation is 8. The standard InChI is InChI=1S/C128H174N4/c1-41-79-61-57-62-80(42-2)113(79)129(117-87(49-9)99(121(17,18)19)73-100(88(117)50-10)122(20,21)22)107-77-108(130(114-81(43-3)63-58-64-82(114)44-4)118-89(51-11)101(123(23,24)25)74-102(90(118)52-12)124(26,27)28)96-71-72-98-110(132(116-85(47-7)67-60-68-86(116)48-8)120-93(55-15)105(127(35,36)37)76-106(94(120)56-16)128(38,39)40)78-109(97-70-69-95(107)111(96)112(97)98)131(115-83(45-5)65-59-66-84(115)46-6)119-91(53-13)103(125(29,30)31)75-104(92(119)54-14)126(32,33)34/h57-78H,41-56H2,1-40H3. The first-order chi connectivity index (χ1) is 62.0. The predicted molar refractivity (Wildman–Crippen MR) is 589 cm³/mol. The van der Waals surface area contributed by atoms with E-state index in [1.807, 2.05) is 0 Å². The molecule has 0 unspecified atom stereocenters. The molecular weight excluding hydrogens is 1590 g/mol. The first-order valence-electron chi connectivity index (χ1n) is 52.2. The molecule has 0 heterocycles. The molecule has 0 radical (unpaired) electrons. The first-order valence-corrected chi connectivity index (χ1v) is 52.2. The summed E-state index contributed by atoms with van der Waals surface area (Å²) in [7, 11) is 0. The van der Waals surface area contributed by atoms with Crippen LogP contribution in [0.15, 0.2) is 133 Å². The molecule has 12 rings (SSSR count). The molecular formula is C128H174N4. The molecule has 4 heteroatoms. The normalized spacial score (nSPS) is 12.9. The summed E-state index contributed by atoms with van der Waals surface area (Å²) in [6, 6.07) is 56.5. The molecule has 0 atom stereocenters. The molecule has 0 saturated heterocycles. The van der Waals surface area contributed by atoms with Gasteiger partial charge in [-0.15, -0.1) is 0 Å². The van der Waals surface area contributed by atoms with Crippen molar-refractivity contribution in [3.63, 3.8) is 0 Å². The van der Waals surface area contributed by atoms with E-state index in [0.717, 1.165) is 103 Å². The fourth-order valence-electron chi connectivity index (χ4n) is 23.4. The van der Waals surface area contributed by atoms with Crippen molar-refractivity contribution >= 4 is 101 Å². The third kappa shape index (κ3) is 18.2. The molecule has 0 saturated carbocycles. The van der Waals surface area contributed by atoms with Crippen molar-refractivity contribution in [1.82, 2.24) is 0 Å². The Labute approximate surface area is 804 Å². The third-order valence-corrected chi connectivity index (χ3v) is 29.8. The number of anilines is 12. The molecule has 0 spiro atoms. The molecule has 132 heavy (non-hydrogen) atoms. The van der Waals surface area contributed by atoms with Crippen LogP contribution in [-0.4, -0.2) is 0 Å². The minimum absolute atomic E-state index is 0.214. The minimum Gasteiger partial charge on any atom is -0.309 e. The Morgan fingerprint density at radius 3 is 0.394 bits per heavy atom. The molecule has 706 valence electrons. The van der Waals surface area contributed by atoms with Gasteiger partial charge in [-0.3, -0.25) is 0 Å². The van der Waals surface area contributed by atoms with Gasteiger partial charge < -0.3 is 19.6 Å². The lowest BCUT2D eigenvalue weighted by molar-refractivity contribution is 0.559. The van der Waals surface area contributed by atoms with Crippen LogP contribution in [0, 0.1) is 0 Å². The van der Waals surface area contributed by atoms with Gasteiger partial charge in [0.05, 0.1) is 68.2 Å². The van der Waals surface area contributed by atoms with Gasteiger partial charge in [0.1, 0.15) is 0 Å². The predicted octanol–water partition coefficient (Wildman–Crippen LogP) is 37.8. The Morgan fingerprint density at radius 1 is 0.159 bits per heavy atom. The SMILES string of the molecule is CCc1cccc(CC)c1N(c1c(CC)c(C(C)(C)C)cc(C(C)(C)C)c1CC)c1cc(N(c2c(CC)cccc2CC)c2c(CC)c(C(C)(C)C)cc(C(C)(C)C)c2CC)c2ccc3c(N(c4c(CC)cccc4CC)c4c(CC)c(C(C)(C)C)cc(C(C)(C)C)c4CC)cc(N(c4c(CC)cccc4CC)c4c(CC)c(C(C)(C)C)cc(C(C)(C)C)c4CC)c4ccc1c2c43. The van der Waals surface area contributed by atoms with Crippen molar-refractivity contribution in [2.75, 3.05) is 19.6 Å². The van der Waals surface area contributed by atoms with Crippen LogP contribution in [0.25, 0.3) is 32.3 Å². The maximum absolute atomic E-state index is 2.98. The molecule has 0 fully saturated rings. The summed E-state index contributed by atoms with van der Waals surface area (Å²) >= 11 is 0. The summed E-state index contributed by atoms with van der Waals surface area (Å²) in [6.45, 7) is 98.9. The van der Waals surface area contributed by atoms with E-state index in [1.54, 1.807) is 0 Å². The number of nitrogens with zero attached hydrogens (tertiary/aromatic N) is 4. The third-order valence-electron chi connectivity index (χ3n) is 29.8. The quantitative estimate of drug-likeness (QED) is 0.0453. The van der Waals surface area contributed by atoms with Crippen molar-refractivity contribution in [3.8, 4) is 0 Å². The highest BCUT2D eigenvalue weighted by atomic mass is 15.2. The van der Waals surface area contributed by atoms with Gasteiger partial charge in [0.25, 0.3) is 0 Å². The monoisotopic (exact) mass is 1770 g/mol. The van der Waals surface area contributed by atoms with Gasteiger partial charge in [0, 0.05) is 32.3 Å². The zero-order valence-corrected chi connectivity index (χ0v) is 90.8. The van der Waals surface area contributed by atoms with Crippen LogP contribution in [0.1, 0.15) is 410 Å². The first kappa shape index (κ1) is 102. The molecule has 12 aromatic carbocycles. The van der Waals surface area contributed by atoms with Gasteiger partial charge >= 0.3 is 0 Å². The summed E-state index contributed by atoms with van der Waals surface area (Å²) in [4.78, 5) is 11.9. The Balaban J connectivity index is 1.61. The average Bonchev–Trinajstić information content (AvgIpc) is 0.694. The maximum Gasteiger partial charge on any atom is 0.0562 e. The number of rotatable bonds is 28. The molecule has 4 nitrogen and oxygen atoms in total. The number of para-hydroxylation sites is 4. The lowest BCUT2D eigenvalue weighted by atomic mass is 9.73. The highest BCUT2D eigenvalue weighted by Gasteiger charge is 2.43. The van der Waals surface area contributed by atoms with E-state index < -0.39 is 0 Å². The Bertz CT molecular complexity index is 5240. The van der Waals surface area contributed by atoms with Crippen molar-refractivity contribution in [1.29, 1.82) is 0 Å². The number of benzene rings is 12. The van der Waals surface area contributed by atoms with Gasteiger partial charge in [-0.05, 0) is 292 Å². The minimum atomic E-state index is -0.214. The van der Waals surface area contributed by atoms with Gasteiger partial charge in [-0.1, -0.05) is 398 Å². The Morgan fingerprint density at radius 2 is 0.288 bits per heavy atom. The maximum atomic E-state index is 2.98. The summed E-state index contributed by atoms with van der Waals surface area (Å²) in [5.41, 5.74) is 47.5. The van der Waals surface area contributed by atoms with Crippen molar-refractivity contribution in [2.45, 2.75) is 423 Å². The zero-order valence-electron chi connectivity index (χ0n) is 90.8. The fourth-order valence-corrected chi connectivity index (χ4v) is 23.4. The smallest absolute Gasteiger partial charge is 0.0562 e. The van der Waals surface area contributed by atoms with E-state index >= 15 is 0 Å². The molecule has 0 bridgehead atoms. The van der Waals surface area contributed by atoms with Gasteiger partial charge in [-0.2, -0.15) is 0 Å². The van der Waals surface area contributed by atoms with Gasteiger partial charge in [0.15, 0.2) is 0 Å². The lowest BCUT2D eigenvalue weighted by Gasteiger charge is -2.42. The van der Waals surface area contributed by atoms with Crippen molar-refractivity contribution in [2.24, 2.45) is 0 Å². The second-order valence-corrected chi connectivity index (χ2v) is 46.7. The second-order valence-electron chi connectivity index (χ2n) is 46.7. The number of hydrogen-bond acceptors (Lipinski definition) is 4. The van der Waals surface area contributed by atoms with Crippen molar-refractivity contribution in [3.05, 3.63) is 267 Å². The zero-order chi connectivity index (χ0) is 97.4. The van der Waals surface area contributed by atoms with Crippen LogP contribution >= 0.6 is 0 Å². The average molecular weight is 1770 g/mol. The van der Waals surface area contributed by atoms with E-state index in [4.69, 9.17) is 0 Å². The highest BCUT2D eigenvalue weighted by molar-refractivity contribution is 6.33. The van der Waals surface area contributed by atoms with E-state index in [9.17, 15) is 0 Å². The molecule has 0 amide bonds. The van der Waals surface area contributed by atoms with E-state index in [0.29, 0.717) is 0 Å². The van der Waals surface area contributed by atoms with Crippen molar-refractivity contribution < 1.29 is 0 Å². The summed E-state index contributed by atoms with van der Waals surface area (Å²) in [6.07, 6.45) is 13.7. The highest BCUT2D eigenvalue weighted by Crippen LogP contribution is 2.62. The Hall–Kier alpha value is -9.12.